The van der Waals surface area contributed by atoms with Gasteiger partial charge in [-0.15, -0.1) is 0 Å². The molecular formula is C19H27N5O3. The van der Waals surface area contributed by atoms with Gasteiger partial charge in [0.25, 0.3) is 5.91 Å². The van der Waals surface area contributed by atoms with Gasteiger partial charge in [-0.25, -0.2) is 0 Å². The summed E-state index contributed by atoms with van der Waals surface area (Å²) in [6, 6.07) is 1.78. The summed E-state index contributed by atoms with van der Waals surface area (Å²) >= 11 is 0. The molecule has 0 aliphatic carbocycles. The molecule has 4 heterocycles. The van der Waals surface area contributed by atoms with Crippen LogP contribution in [0, 0.1) is 6.92 Å². The summed E-state index contributed by atoms with van der Waals surface area (Å²) in [5.41, 5.74) is 4.04. The number of rotatable bonds is 5. The van der Waals surface area contributed by atoms with Crippen LogP contribution in [0.15, 0.2) is 10.6 Å². The third-order valence-electron chi connectivity index (χ3n) is 5.35. The maximum Gasteiger partial charge on any atom is 0.273 e. The number of fused-ring (bicyclic) bond motifs is 1. The summed E-state index contributed by atoms with van der Waals surface area (Å²) in [7, 11) is 0. The fourth-order valence-corrected chi connectivity index (χ4v) is 4.03. The number of nitrogens with one attached hydrogen (secondary N) is 1. The number of nitrogens with zero attached hydrogens (tertiary/aromatic N) is 4. The second kappa shape index (κ2) is 7.82. The lowest BCUT2D eigenvalue weighted by molar-refractivity contribution is 0.0889. The molecule has 2 aliphatic heterocycles. The average molecular weight is 373 g/mol. The second-order valence-electron chi connectivity index (χ2n) is 7.36. The van der Waals surface area contributed by atoms with Crippen molar-refractivity contribution in [2.24, 2.45) is 0 Å². The maximum atomic E-state index is 12.3. The average Bonchev–Trinajstić information content (AvgIpc) is 3.26. The summed E-state index contributed by atoms with van der Waals surface area (Å²) in [6.07, 6.45) is 2.96. The van der Waals surface area contributed by atoms with Gasteiger partial charge in [0, 0.05) is 49.4 Å². The standard InChI is InChI=1S/C19H27N5O3/c1-3-24-18-6-8-26-12-15(18)17(21-24)11-23-7-4-5-14(10-23)20-19(25)16-9-13(2)27-22-16/h9,14H,3-8,10-12H2,1-2H3,(H,20,25). The smallest absolute Gasteiger partial charge is 0.273 e. The number of carbonyl (C=O) groups is 1. The van der Waals surface area contributed by atoms with E-state index in [1.165, 1.54) is 11.3 Å². The Kier molecular flexibility index (Phi) is 5.27. The zero-order valence-corrected chi connectivity index (χ0v) is 16.0. The highest BCUT2D eigenvalue weighted by molar-refractivity contribution is 5.92. The summed E-state index contributed by atoms with van der Waals surface area (Å²) in [6.45, 7) is 8.87. The predicted molar refractivity (Wildman–Crippen MR) is 98.3 cm³/mol. The molecule has 2 aliphatic rings. The van der Waals surface area contributed by atoms with E-state index in [-0.39, 0.29) is 11.9 Å². The van der Waals surface area contributed by atoms with Crippen molar-refractivity contribution in [3.05, 3.63) is 34.5 Å². The van der Waals surface area contributed by atoms with E-state index in [0.29, 0.717) is 18.1 Å². The zero-order valence-electron chi connectivity index (χ0n) is 16.0. The lowest BCUT2D eigenvalue weighted by atomic mass is 10.0. The molecule has 1 saturated heterocycles. The molecule has 8 nitrogen and oxygen atoms in total. The zero-order chi connectivity index (χ0) is 18.8. The molecule has 1 unspecified atom stereocenters. The Labute approximate surface area is 158 Å². The summed E-state index contributed by atoms with van der Waals surface area (Å²) in [5, 5.41) is 11.7. The molecule has 146 valence electrons. The van der Waals surface area contributed by atoms with Crippen LogP contribution in [0.25, 0.3) is 0 Å². The van der Waals surface area contributed by atoms with Gasteiger partial charge in [-0.05, 0) is 33.2 Å². The van der Waals surface area contributed by atoms with Gasteiger partial charge in [-0.2, -0.15) is 5.10 Å². The van der Waals surface area contributed by atoms with Crippen molar-refractivity contribution < 1.29 is 14.1 Å². The first kappa shape index (κ1) is 18.2. The number of amides is 1. The number of piperidine rings is 1. The van der Waals surface area contributed by atoms with Crippen molar-refractivity contribution in [2.45, 2.75) is 58.8 Å². The van der Waals surface area contributed by atoms with Gasteiger partial charge >= 0.3 is 0 Å². The number of ether oxygens (including phenoxy) is 1. The highest BCUT2D eigenvalue weighted by atomic mass is 16.5. The number of carbonyl (C=O) groups excluding carboxylic acids is 1. The number of hydrogen-bond acceptors (Lipinski definition) is 6. The number of aryl methyl sites for hydroxylation is 2. The van der Waals surface area contributed by atoms with Gasteiger partial charge < -0.3 is 14.6 Å². The van der Waals surface area contributed by atoms with Gasteiger partial charge in [-0.3, -0.25) is 14.4 Å². The summed E-state index contributed by atoms with van der Waals surface area (Å²) in [4.78, 5) is 14.7. The summed E-state index contributed by atoms with van der Waals surface area (Å²) in [5.74, 6) is 0.476. The first-order valence-electron chi connectivity index (χ1n) is 9.75. The Morgan fingerprint density at radius 3 is 3.11 bits per heavy atom. The third-order valence-corrected chi connectivity index (χ3v) is 5.35. The van der Waals surface area contributed by atoms with Crippen LogP contribution < -0.4 is 5.32 Å². The van der Waals surface area contributed by atoms with Crippen molar-refractivity contribution in [1.82, 2.24) is 25.2 Å². The van der Waals surface area contributed by atoms with Crippen molar-refractivity contribution in [2.75, 3.05) is 19.7 Å². The Morgan fingerprint density at radius 1 is 1.44 bits per heavy atom. The minimum absolute atomic E-state index is 0.114. The summed E-state index contributed by atoms with van der Waals surface area (Å²) < 4.78 is 12.8. The number of aromatic nitrogens is 3. The topological polar surface area (TPSA) is 85.4 Å². The van der Waals surface area contributed by atoms with Gasteiger partial charge in [0.2, 0.25) is 0 Å². The van der Waals surface area contributed by atoms with E-state index in [4.69, 9.17) is 14.4 Å². The van der Waals surface area contributed by atoms with E-state index in [0.717, 1.165) is 57.7 Å². The molecule has 0 spiro atoms. The Balaban J connectivity index is 1.40. The van der Waals surface area contributed by atoms with Gasteiger partial charge in [0.1, 0.15) is 5.76 Å². The van der Waals surface area contributed by atoms with Crippen molar-refractivity contribution >= 4 is 5.91 Å². The molecular weight excluding hydrogens is 346 g/mol. The second-order valence-corrected chi connectivity index (χ2v) is 7.36. The molecule has 0 aromatic carbocycles. The maximum absolute atomic E-state index is 12.3. The van der Waals surface area contributed by atoms with E-state index in [2.05, 4.69) is 27.0 Å². The molecule has 1 amide bonds. The normalized spacial score (nSPS) is 20.4. The van der Waals surface area contributed by atoms with Gasteiger partial charge in [0.05, 0.1) is 18.9 Å². The molecule has 1 atom stereocenters. The van der Waals surface area contributed by atoms with Crippen LogP contribution in [0.3, 0.4) is 0 Å². The molecule has 1 N–H and O–H groups in total. The van der Waals surface area contributed by atoms with Crippen LogP contribution in [0.2, 0.25) is 0 Å². The minimum atomic E-state index is -0.167. The molecule has 0 radical (unpaired) electrons. The Hall–Kier alpha value is -2.19. The van der Waals surface area contributed by atoms with Crippen LogP contribution in [-0.4, -0.2) is 51.5 Å². The van der Waals surface area contributed by atoms with E-state index < -0.39 is 0 Å². The largest absolute Gasteiger partial charge is 0.376 e. The molecule has 0 bridgehead atoms. The molecule has 0 saturated carbocycles. The van der Waals surface area contributed by atoms with Crippen LogP contribution >= 0.6 is 0 Å². The molecule has 27 heavy (non-hydrogen) atoms. The van der Waals surface area contributed by atoms with Crippen molar-refractivity contribution in [1.29, 1.82) is 0 Å². The molecule has 2 aromatic rings. The fourth-order valence-electron chi connectivity index (χ4n) is 4.03. The Morgan fingerprint density at radius 2 is 2.33 bits per heavy atom. The molecule has 4 rings (SSSR count). The molecule has 8 heteroatoms. The van der Waals surface area contributed by atoms with E-state index >= 15 is 0 Å². The molecule has 2 aromatic heterocycles. The monoisotopic (exact) mass is 373 g/mol. The van der Waals surface area contributed by atoms with Crippen LogP contribution in [0.5, 0.6) is 0 Å². The van der Waals surface area contributed by atoms with E-state index in [9.17, 15) is 4.79 Å². The third kappa shape index (κ3) is 3.91. The van der Waals surface area contributed by atoms with Crippen molar-refractivity contribution in [3.63, 3.8) is 0 Å². The van der Waals surface area contributed by atoms with E-state index in [1.807, 2.05) is 0 Å². The van der Waals surface area contributed by atoms with Gasteiger partial charge in [-0.1, -0.05) is 5.16 Å². The van der Waals surface area contributed by atoms with Crippen LogP contribution in [-0.2, 0) is 30.9 Å². The quantitative estimate of drug-likeness (QED) is 0.858. The Bertz CT molecular complexity index is 812. The first-order chi connectivity index (χ1) is 13.1. The van der Waals surface area contributed by atoms with Crippen LogP contribution in [0.4, 0.5) is 0 Å². The highest BCUT2D eigenvalue weighted by Crippen LogP contribution is 2.23. The van der Waals surface area contributed by atoms with Crippen LogP contribution in [0.1, 0.15) is 53.0 Å². The van der Waals surface area contributed by atoms with Crippen molar-refractivity contribution in [3.8, 4) is 0 Å². The predicted octanol–water partition coefficient (Wildman–Crippen LogP) is 1.67. The first-order valence-corrected chi connectivity index (χ1v) is 9.75. The lowest BCUT2D eigenvalue weighted by Crippen LogP contribution is -2.47. The number of hydrogen-bond donors (Lipinski definition) is 1. The molecule has 1 fully saturated rings. The highest BCUT2D eigenvalue weighted by Gasteiger charge is 2.26. The lowest BCUT2D eigenvalue weighted by Gasteiger charge is -2.32. The van der Waals surface area contributed by atoms with Gasteiger partial charge in [0.15, 0.2) is 5.69 Å². The van der Waals surface area contributed by atoms with E-state index in [1.54, 1.807) is 13.0 Å². The SMILES string of the molecule is CCn1nc(CN2CCCC(NC(=O)c3cc(C)on3)C2)c2c1CCOC2. The number of likely N-dealkylation sites (tertiary alicyclic amines) is 1. The minimum Gasteiger partial charge on any atom is -0.376 e. The fraction of sp³-hybridized carbons (Fsp3) is 0.632.